The van der Waals surface area contributed by atoms with E-state index in [9.17, 15) is 9.59 Å². The summed E-state index contributed by atoms with van der Waals surface area (Å²) in [7, 11) is 0. The summed E-state index contributed by atoms with van der Waals surface area (Å²) in [5.74, 6) is -0.590. The van der Waals surface area contributed by atoms with Crippen molar-refractivity contribution < 1.29 is 14.3 Å². The third kappa shape index (κ3) is 4.93. The molecule has 0 aliphatic rings. The first-order valence-corrected chi connectivity index (χ1v) is 10.5. The van der Waals surface area contributed by atoms with E-state index in [4.69, 9.17) is 4.74 Å². The minimum absolute atomic E-state index is 0.0643. The number of benzene rings is 2. The Balaban J connectivity index is 1.85. The van der Waals surface area contributed by atoms with E-state index in [-0.39, 0.29) is 18.2 Å². The van der Waals surface area contributed by atoms with Crippen molar-refractivity contribution in [3.8, 4) is 0 Å². The summed E-state index contributed by atoms with van der Waals surface area (Å²) in [6.45, 7) is 5.89. The van der Waals surface area contributed by atoms with Gasteiger partial charge in [0, 0.05) is 17.2 Å². The molecule has 0 aliphatic carbocycles. The number of rotatable bonds is 7. The first kappa shape index (κ1) is 20.8. The maximum absolute atomic E-state index is 13.0. The van der Waals surface area contributed by atoms with Crippen LogP contribution < -0.4 is 5.32 Å². The number of carbonyl (C=O) groups excluding carboxylic acids is 2. The Hall–Kier alpha value is -2.92. The van der Waals surface area contributed by atoms with Crippen LogP contribution in [0.5, 0.6) is 0 Å². The van der Waals surface area contributed by atoms with Gasteiger partial charge in [0.15, 0.2) is 0 Å². The van der Waals surface area contributed by atoms with Crippen LogP contribution in [-0.2, 0) is 9.53 Å². The highest BCUT2D eigenvalue weighted by molar-refractivity contribution is 7.16. The number of anilines is 1. The molecule has 0 saturated carbocycles. The second-order valence-corrected chi connectivity index (χ2v) is 8.06. The Morgan fingerprint density at radius 1 is 0.966 bits per heavy atom. The van der Waals surface area contributed by atoms with Gasteiger partial charge in [-0.2, -0.15) is 0 Å². The van der Waals surface area contributed by atoms with Gasteiger partial charge in [0.2, 0.25) is 5.91 Å². The van der Waals surface area contributed by atoms with Gasteiger partial charge in [-0.1, -0.05) is 60.7 Å². The van der Waals surface area contributed by atoms with Crippen LogP contribution in [-0.4, -0.2) is 18.5 Å². The van der Waals surface area contributed by atoms with E-state index in [1.807, 2.05) is 74.5 Å². The standard InChI is InChI=1S/C24H25NO3S/c1-4-28-24(27)22-16(2)17(3)29-23(22)25-21(26)15-20(18-11-7-5-8-12-18)19-13-9-6-10-14-19/h5-14,20H,4,15H2,1-3H3,(H,25,26). The molecule has 3 rings (SSSR count). The van der Waals surface area contributed by atoms with E-state index in [0.29, 0.717) is 17.2 Å². The molecule has 0 bridgehead atoms. The summed E-state index contributed by atoms with van der Waals surface area (Å²) >= 11 is 1.41. The quantitative estimate of drug-likeness (QED) is 0.511. The van der Waals surface area contributed by atoms with Crippen LogP contribution >= 0.6 is 11.3 Å². The molecule has 29 heavy (non-hydrogen) atoms. The maximum Gasteiger partial charge on any atom is 0.341 e. The van der Waals surface area contributed by atoms with Gasteiger partial charge in [0.05, 0.1) is 12.2 Å². The fraction of sp³-hybridized carbons (Fsp3) is 0.250. The summed E-state index contributed by atoms with van der Waals surface area (Å²) in [6.07, 6.45) is 0.284. The van der Waals surface area contributed by atoms with Crippen molar-refractivity contribution >= 4 is 28.2 Å². The Bertz CT molecular complexity index is 941. The summed E-state index contributed by atoms with van der Waals surface area (Å²) in [5.41, 5.74) is 3.47. The number of amides is 1. The minimum atomic E-state index is -0.396. The lowest BCUT2D eigenvalue weighted by atomic mass is 9.88. The van der Waals surface area contributed by atoms with Gasteiger partial charge in [0.1, 0.15) is 5.00 Å². The highest BCUT2D eigenvalue weighted by atomic mass is 32.1. The molecule has 0 aliphatic heterocycles. The van der Waals surface area contributed by atoms with Gasteiger partial charge in [-0.05, 0) is 37.5 Å². The predicted octanol–water partition coefficient (Wildman–Crippen LogP) is 5.70. The van der Waals surface area contributed by atoms with E-state index in [2.05, 4.69) is 5.32 Å². The lowest BCUT2D eigenvalue weighted by Gasteiger charge is -2.18. The first-order chi connectivity index (χ1) is 14.0. The Morgan fingerprint density at radius 2 is 1.52 bits per heavy atom. The van der Waals surface area contributed by atoms with Crippen LogP contribution in [0, 0.1) is 13.8 Å². The molecule has 1 heterocycles. The van der Waals surface area contributed by atoms with Crippen LogP contribution in [0.2, 0.25) is 0 Å². The highest BCUT2D eigenvalue weighted by Crippen LogP contribution is 2.34. The molecule has 0 atom stereocenters. The first-order valence-electron chi connectivity index (χ1n) is 9.68. The van der Waals surface area contributed by atoms with Crippen LogP contribution in [0.25, 0.3) is 0 Å². The molecule has 1 amide bonds. The normalized spacial score (nSPS) is 10.8. The number of esters is 1. The van der Waals surface area contributed by atoms with Crippen LogP contribution in [0.3, 0.4) is 0 Å². The fourth-order valence-corrected chi connectivity index (χ4v) is 4.39. The zero-order valence-corrected chi connectivity index (χ0v) is 17.7. The van der Waals surface area contributed by atoms with Crippen molar-refractivity contribution in [2.45, 2.75) is 33.1 Å². The van der Waals surface area contributed by atoms with Crippen molar-refractivity contribution in [3.05, 3.63) is 87.8 Å². The van der Waals surface area contributed by atoms with E-state index < -0.39 is 5.97 Å². The average Bonchev–Trinajstić information content (AvgIpc) is 3.00. The van der Waals surface area contributed by atoms with Crippen molar-refractivity contribution in [3.63, 3.8) is 0 Å². The Kier molecular flexibility index (Phi) is 6.83. The third-order valence-corrected chi connectivity index (χ3v) is 6.03. The average molecular weight is 408 g/mol. The van der Waals surface area contributed by atoms with Gasteiger partial charge >= 0.3 is 5.97 Å². The molecule has 0 saturated heterocycles. The van der Waals surface area contributed by atoms with Crippen molar-refractivity contribution in [2.75, 3.05) is 11.9 Å². The number of carbonyl (C=O) groups is 2. The lowest BCUT2D eigenvalue weighted by Crippen LogP contribution is -2.18. The number of hydrogen-bond acceptors (Lipinski definition) is 4. The van der Waals surface area contributed by atoms with Gasteiger partial charge in [0.25, 0.3) is 0 Å². The topological polar surface area (TPSA) is 55.4 Å². The summed E-state index contributed by atoms with van der Waals surface area (Å²) < 4.78 is 5.18. The fourth-order valence-electron chi connectivity index (χ4n) is 3.33. The number of ether oxygens (including phenoxy) is 1. The maximum atomic E-state index is 13.0. The zero-order valence-electron chi connectivity index (χ0n) is 16.9. The molecule has 1 aromatic heterocycles. The molecule has 150 valence electrons. The van der Waals surface area contributed by atoms with Gasteiger partial charge in [-0.3, -0.25) is 4.79 Å². The lowest BCUT2D eigenvalue weighted by molar-refractivity contribution is -0.116. The smallest absolute Gasteiger partial charge is 0.341 e. The number of thiophene rings is 1. The number of nitrogens with one attached hydrogen (secondary N) is 1. The molecule has 3 aromatic rings. The van der Waals surface area contributed by atoms with Gasteiger partial charge in [-0.15, -0.1) is 11.3 Å². The predicted molar refractivity (Wildman–Crippen MR) is 118 cm³/mol. The number of aryl methyl sites for hydroxylation is 1. The largest absolute Gasteiger partial charge is 0.462 e. The second kappa shape index (κ2) is 9.52. The van der Waals surface area contributed by atoms with Crippen molar-refractivity contribution in [1.82, 2.24) is 0 Å². The Labute approximate surface area is 175 Å². The number of hydrogen-bond donors (Lipinski definition) is 1. The molecule has 2 aromatic carbocycles. The minimum Gasteiger partial charge on any atom is -0.462 e. The second-order valence-electron chi connectivity index (χ2n) is 6.83. The van der Waals surface area contributed by atoms with Crippen LogP contribution in [0.15, 0.2) is 60.7 Å². The zero-order chi connectivity index (χ0) is 20.8. The van der Waals surface area contributed by atoms with E-state index in [1.54, 1.807) is 6.92 Å². The van der Waals surface area contributed by atoms with Crippen molar-refractivity contribution in [1.29, 1.82) is 0 Å². The van der Waals surface area contributed by atoms with E-state index >= 15 is 0 Å². The molecular formula is C24H25NO3S. The molecule has 0 unspecified atom stereocenters. The SMILES string of the molecule is CCOC(=O)c1c(NC(=O)CC(c2ccccc2)c2ccccc2)sc(C)c1C. The Morgan fingerprint density at radius 3 is 2.03 bits per heavy atom. The van der Waals surface area contributed by atoms with E-state index in [1.165, 1.54) is 11.3 Å². The molecule has 0 radical (unpaired) electrons. The van der Waals surface area contributed by atoms with Crippen molar-refractivity contribution in [2.24, 2.45) is 0 Å². The van der Waals surface area contributed by atoms with Crippen LogP contribution in [0.4, 0.5) is 5.00 Å². The summed E-state index contributed by atoms with van der Waals surface area (Å²) in [5, 5.41) is 3.52. The van der Waals surface area contributed by atoms with E-state index in [0.717, 1.165) is 21.6 Å². The monoisotopic (exact) mass is 407 g/mol. The highest BCUT2D eigenvalue weighted by Gasteiger charge is 2.24. The summed E-state index contributed by atoms with van der Waals surface area (Å²) in [6, 6.07) is 20.0. The van der Waals surface area contributed by atoms with Gasteiger partial charge in [-0.25, -0.2) is 4.79 Å². The molecule has 0 fully saturated rings. The molecule has 0 spiro atoms. The molecule has 5 heteroatoms. The van der Waals surface area contributed by atoms with Gasteiger partial charge < -0.3 is 10.1 Å². The summed E-state index contributed by atoms with van der Waals surface area (Å²) in [4.78, 5) is 26.3. The molecular weight excluding hydrogens is 382 g/mol. The molecule has 1 N–H and O–H groups in total. The van der Waals surface area contributed by atoms with Crippen LogP contribution in [0.1, 0.15) is 51.2 Å². The molecule has 4 nitrogen and oxygen atoms in total. The third-order valence-electron chi connectivity index (χ3n) is 4.91.